The number of para-hydroxylation sites is 2. The molecule has 5 heteroatoms. The molecule has 0 saturated carbocycles. The second kappa shape index (κ2) is 10.0. The van der Waals surface area contributed by atoms with Crippen molar-refractivity contribution in [3.05, 3.63) is 77.5 Å². The van der Waals surface area contributed by atoms with Crippen molar-refractivity contribution in [3.8, 4) is 5.75 Å². The van der Waals surface area contributed by atoms with Gasteiger partial charge in [-0.05, 0) is 54.4 Å². The zero-order valence-electron chi connectivity index (χ0n) is 16.9. The number of carbonyl (C=O) groups excluding carboxylic acids is 1. The van der Waals surface area contributed by atoms with Gasteiger partial charge in [0.25, 0.3) is 5.91 Å². The molecular weight excluding hydrogens is 380 g/mol. The summed E-state index contributed by atoms with van der Waals surface area (Å²) in [6, 6.07) is 17.5. The number of rotatable bonds is 8. The average Bonchev–Trinajstić information content (AvgIpc) is 3.01. The molecule has 1 amide bonds. The quantitative estimate of drug-likeness (QED) is 0.359. The van der Waals surface area contributed by atoms with Crippen molar-refractivity contribution in [3.63, 3.8) is 0 Å². The number of allylic oxidation sites excluding steroid dienone is 2. The Balaban J connectivity index is 1.91. The highest BCUT2D eigenvalue weighted by atomic mass is 32.1. The molecule has 150 valence electrons. The number of nitrogens with one attached hydrogen (secondary N) is 1. The molecule has 1 aliphatic rings. The van der Waals surface area contributed by atoms with Gasteiger partial charge in [0.05, 0.1) is 12.8 Å². The third-order valence-corrected chi connectivity index (χ3v) is 5.04. The highest BCUT2D eigenvalue weighted by Gasteiger charge is 2.33. The minimum Gasteiger partial charge on any atom is -0.495 e. The monoisotopic (exact) mass is 406 g/mol. The zero-order chi connectivity index (χ0) is 20.6. The van der Waals surface area contributed by atoms with Crippen LogP contribution in [0.25, 0.3) is 6.08 Å². The SMILES string of the molecule is CCCCCC(=C/c1ccccc1)/C=C1/NC(=S)N(c2ccccc2OC)C1=O. The van der Waals surface area contributed by atoms with E-state index in [1.807, 2.05) is 48.5 Å². The van der Waals surface area contributed by atoms with E-state index in [0.717, 1.165) is 36.8 Å². The maximum absolute atomic E-state index is 13.1. The van der Waals surface area contributed by atoms with Gasteiger partial charge in [0.1, 0.15) is 11.4 Å². The number of thiocarbonyl (C=S) groups is 1. The highest BCUT2D eigenvalue weighted by Crippen LogP contribution is 2.31. The van der Waals surface area contributed by atoms with E-state index in [1.165, 1.54) is 4.90 Å². The maximum atomic E-state index is 13.1. The fourth-order valence-corrected chi connectivity index (χ4v) is 3.57. The van der Waals surface area contributed by atoms with Crippen LogP contribution in [0.5, 0.6) is 5.75 Å². The number of nitrogens with zero attached hydrogens (tertiary/aromatic N) is 1. The Hall–Kier alpha value is -2.92. The lowest BCUT2D eigenvalue weighted by Gasteiger charge is -2.17. The predicted octanol–water partition coefficient (Wildman–Crippen LogP) is 5.46. The molecule has 0 aromatic heterocycles. The van der Waals surface area contributed by atoms with Crippen molar-refractivity contribution in [2.75, 3.05) is 12.0 Å². The molecule has 1 aliphatic heterocycles. The van der Waals surface area contributed by atoms with E-state index in [0.29, 0.717) is 22.2 Å². The van der Waals surface area contributed by atoms with Crippen molar-refractivity contribution < 1.29 is 9.53 Å². The van der Waals surface area contributed by atoms with E-state index in [2.05, 4.69) is 30.4 Å². The second-order valence-electron chi connectivity index (χ2n) is 6.89. The molecule has 0 bridgehead atoms. The molecule has 0 radical (unpaired) electrons. The number of unbranched alkanes of at least 4 members (excludes halogenated alkanes) is 2. The van der Waals surface area contributed by atoms with Gasteiger partial charge < -0.3 is 10.1 Å². The van der Waals surface area contributed by atoms with Crippen molar-refractivity contribution in [1.29, 1.82) is 0 Å². The Morgan fingerprint density at radius 1 is 1.10 bits per heavy atom. The van der Waals surface area contributed by atoms with Crippen LogP contribution in [-0.2, 0) is 4.79 Å². The van der Waals surface area contributed by atoms with Crippen molar-refractivity contribution in [2.45, 2.75) is 32.6 Å². The highest BCUT2D eigenvalue weighted by molar-refractivity contribution is 7.80. The van der Waals surface area contributed by atoms with Crippen LogP contribution in [0, 0.1) is 0 Å². The van der Waals surface area contributed by atoms with Crippen LogP contribution in [0.15, 0.2) is 71.9 Å². The van der Waals surface area contributed by atoms with Crippen LogP contribution in [0.1, 0.15) is 38.2 Å². The Bertz CT molecular complexity index is 935. The minimum absolute atomic E-state index is 0.172. The smallest absolute Gasteiger partial charge is 0.281 e. The first-order valence-electron chi connectivity index (χ1n) is 9.89. The molecule has 2 aromatic carbocycles. The summed E-state index contributed by atoms with van der Waals surface area (Å²) < 4.78 is 5.40. The molecule has 29 heavy (non-hydrogen) atoms. The molecule has 2 aromatic rings. The number of ether oxygens (including phenoxy) is 1. The fourth-order valence-electron chi connectivity index (χ4n) is 3.28. The predicted molar refractivity (Wildman–Crippen MR) is 123 cm³/mol. The second-order valence-corrected chi connectivity index (χ2v) is 7.27. The van der Waals surface area contributed by atoms with Crippen LogP contribution >= 0.6 is 12.2 Å². The Kier molecular flexibility index (Phi) is 7.19. The van der Waals surface area contributed by atoms with Gasteiger partial charge in [0, 0.05) is 0 Å². The summed E-state index contributed by atoms with van der Waals surface area (Å²) in [7, 11) is 1.58. The first-order valence-corrected chi connectivity index (χ1v) is 10.3. The lowest BCUT2D eigenvalue weighted by molar-refractivity contribution is -0.113. The first-order chi connectivity index (χ1) is 14.1. The molecule has 0 spiro atoms. The normalized spacial score (nSPS) is 15.7. The summed E-state index contributed by atoms with van der Waals surface area (Å²) in [5.74, 6) is 0.434. The Morgan fingerprint density at radius 2 is 1.83 bits per heavy atom. The molecule has 1 N–H and O–H groups in total. The molecular formula is C24H26N2O2S. The third-order valence-electron chi connectivity index (χ3n) is 4.75. The molecule has 4 nitrogen and oxygen atoms in total. The molecule has 0 atom stereocenters. The van der Waals surface area contributed by atoms with Crippen LogP contribution in [0.3, 0.4) is 0 Å². The van der Waals surface area contributed by atoms with Crippen molar-refractivity contribution >= 4 is 35.0 Å². The largest absolute Gasteiger partial charge is 0.495 e. The lowest BCUT2D eigenvalue weighted by Crippen LogP contribution is -2.30. The van der Waals surface area contributed by atoms with Gasteiger partial charge >= 0.3 is 0 Å². The maximum Gasteiger partial charge on any atom is 0.281 e. The van der Waals surface area contributed by atoms with Crippen LogP contribution < -0.4 is 15.0 Å². The average molecular weight is 407 g/mol. The summed E-state index contributed by atoms with van der Waals surface area (Å²) in [4.78, 5) is 14.6. The van der Waals surface area contributed by atoms with Crippen LogP contribution in [0.2, 0.25) is 0 Å². The van der Waals surface area contributed by atoms with Crippen LogP contribution in [0.4, 0.5) is 5.69 Å². The van der Waals surface area contributed by atoms with E-state index in [-0.39, 0.29) is 5.91 Å². The molecule has 1 fully saturated rings. The van der Waals surface area contributed by atoms with E-state index < -0.39 is 0 Å². The lowest BCUT2D eigenvalue weighted by atomic mass is 10.0. The van der Waals surface area contributed by atoms with Crippen LogP contribution in [-0.4, -0.2) is 18.1 Å². The zero-order valence-corrected chi connectivity index (χ0v) is 17.7. The van der Waals surface area contributed by atoms with Gasteiger partial charge in [-0.3, -0.25) is 4.79 Å². The van der Waals surface area contributed by atoms with Gasteiger partial charge in [0.2, 0.25) is 0 Å². The number of carbonyl (C=O) groups is 1. The summed E-state index contributed by atoms with van der Waals surface area (Å²) in [6.07, 6.45) is 8.34. The number of methoxy groups -OCH3 is 1. The number of hydrogen-bond donors (Lipinski definition) is 1. The summed E-state index contributed by atoms with van der Waals surface area (Å²) in [5.41, 5.74) is 3.34. The van der Waals surface area contributed by atoms with Gasteiger partial charge in [-0.15, -0.1) is 0 Å². The minimum atomic E-state index is -0.172. The summed E-state index contributed by atoms with van der Waals surface area (Å²) in [5, 5.41) is 3.44. The molecule has 3 rings (SSSR count). The Morgan fingerprint density at radius 3 is 2.55 bits per heavy atom. The van der Waals surface area contributed by atoms with Gasteiger partial charge in [-0.25, -0.2) is 4.90 Å². The third kappa shape index (κ3) is 5.12. The molecule has 0 aliphatic carbocycles. The summed E-state index contributed by atoms with van der Waals surface area (Å²) in [6.45, 7) is 2.19. The van der Waals surface area contributed by atoms with E-state index >= 15 is 0 Å². The number of amides is 1. The standard InChI is InChI=1S/C24H26N2O2S/c1-3-4-6-13-19(16-18-11-7-5-8-12-18)17-20-23(27)26(24(29)25-20)21-14-9-10-15-22(21)28-2/h5,7-12,14-17H,3-4,6,13H2,1-2H3,(H,25,29)/b19-16-,20-17+. The fraction of sp³-hybridized carbons (Fsp3) is 0.250. The van der Waals surface area contributed by atoms with Gasteiger partial charge in [-0.1, -0.05) is 68.3 Å². The number of benzene rings is 2. The van der Waals surface area contributed by atoms with Crippen molar-refractivity contribution in [2.24, 2.45) is 0 Å². The van der Waals surface area contributed by atoms with E-state index in [4.69, 9.17) is 17.0 Å². The molecule has 0 unspecified atom stereocenters. The topological polar surface area (TPSA) is 41.6 Å². The number of hydrogen-bond acceptors (Lipinski definition) is 3. The van der Waals surface area contributed by atoms with Gasteiger partial charge in [-0.2, -0.15) is 0 Å². The Labute approximate surface area is 177 Å². The first kappa shape index (κ1) is 20.8. The van der Waals surface area contributed by atoms with Gasteiger partial charge in [0.15, 0.2) is 5.11 Å². The van der Waals surface area contributed by atoms with E-state index in [1.54, 1.807) is 7.11 Å². The summed E-state index contributed by atoms with van der Waals surface area (Å²) >= 11 is 5.45. The molecule has 1 saturated heterocycles. The number of anilines is 1. The molecule has 1 heterocycles. The van der Waals surface area contributed by atoms with E-state index in [9.17, 15) is 4.79 Å². The van der Waals surface area contributed by atoms with Crippen molar-refractivity contribution in [1.82, 2.24) is 5.32 Å².